The minimum atomic E-state index is -4.57. The Hall–Kier alpha value is -2.80. The van der Waals surface area contributed by atoms with E-state index in [0.29, 0.717) is 4.90 Å². The Morgan fingerprint density at radius 1 is 1.09 bits per heavy atom. The van der Waals surface area contributed by atoms with E-state index in [0.717, 1.165) is 18.3 Å². The highest BCUT2D eigenvalue weighted by atomic mass is 32.2. The minimum absolute atomic E-state index is 0.0172. The number of halogens is 3. The highest BCUT2D eigenvalue weighted by molar-refractivity contribution is 8.00. The fourth-order valence-corrected chi connectivity index (χ4v) is 5.26. The van der Waals surface area contributed by atoms with E-state index in [1.165, 1.54) is 42.4 Å². The molecule has 0 saturated heterocycles. The second-order valence-corrected chi connectivity index (χ2v) is 12.5. The summed E-state index contributed by atoms with van der Waals surface area (Å²) in [6.07, 6.45) is -3.56. The van der Waals surface area contributed by atoms with Crippen LogP contribution in [0.25, 0.3) is 22.9 Å². The van der Waals surface area contributed by atoms with Gasteiger partial charge in [-0.3, -0.25) is 4.98 Å². The molecule has 182 valence electrons. The number of aromatic nitrogens is 4. The predicted octanol–water partition coefficient (Wildman–Crippen LogP) is 5.65. The third-order valence-corrected chi connectivity index (χ3v) is 7.65. The molecule has 2 heterocycles. The van der Waals surface area contributed by atoms with Crippen LogP contribution in [-0.2, 0) is 23.1 Å². The van der Waals surface area contributed by atoms with Gasteiger partial charge in [0.2, 0.25) is 0 Å². The van der Waals surface area contributed by atoms with Crippen LogP contribution in [-0.4, -0.2) is 38.7 Å². The zero-order valence-corrected chi connectivity index (χ0v) is 20.6. The molecule has 0 amide bonds. The molecule has 3 rings (SSSR count). The number of thioether (sulfide) groups is 1. The highest BCUT2D eigenvalue weighted by Gasteiger charge is 2.32. The number of pyridine rings is 1. The quantitative estimate of drug-likeness (QED) is 0.310. The van der Waals surface area contributed by atoms with Crippen molar-refractivity contribution in [1.29, 1.82) is 0 Å². The number of nitrogens with zero attached hydrogens (tertiary/aromatic N) is 5. The zero-order chi connectivity index (χ0) is 25.5. The smallest absolute Gasteiger partial charge is 0.309 e. The predicted molar refractivity (Wildman–Crippen MR) is 123 cm³/mol. The number of sulfone groups is 1. The van der Waals surface area contributed by atoms with Gasteiger partial charge in [0.05, 0.1) is 16.2 Å². The maximum Gasteiger partial charge on any atom is 0.416 e. The Balaban J connectivity index is 2.26. The molecule has 0 unspecified atom stereocenters. The zero-order valence-electron chi connectivity index (χ0n) is 19.0. The molecule has 0 fully saturated rings. The first kappa shape index (κ1) is 25.8. The molecule has 0 radical (unpaired) electrons. The molecule has 0 N–H and O–H groups in total. The highest BCUT2D eigenvalue weighted by Crippen LogP contribution is 2.43. The van der Waals surface area contributed by atoms with Crippen molar-refractivity contribution in [3.05, 3.63) is 40.9 Å². The molecular weight excluding hydrogens is 491 g/mol. The fourth-order valence-electron chi connectivity index (χ4n) is 3.14. The average molecular weight is 514 g/mol. The van der Waals surface area contributed by atoms with Crippen LogP contribution in [0.4, 0.5) is 18.9 Å². The van der Waals surface area contributed by atoms with E-state index in [4.69, 9.17) is 0 Å². The SMILES string of the molecule is CCS(=O)(=O)c1cc(N=O)c(SC(C)(C)C)cc1-c1nnc(-c2cc(C(F)(F)F)ccn2)n1C. The number of alkyl halides is 3. The van der Waals surface area contributed by atoms with Gasteiger partial charge < -0.3 is 4.57 Å². The summed E-state index contributed by atoms with van der Waals surface area (Å²) in [5.41, 5.74) is -0.847. The number of nitroso groups, excluding NO2 is 1. The maximum absolute atomic E-state index is 13.2. The van der Waals surface area contributed by atoms with Crippen molar-refractivity contribution >= 4 is 27.3 Å². The van der Waals surface area contributed by atoms with Crippen LogP contribution in [0.3, 0.4) is 0 Å². The van der Waals surface area contributed by atoms with Gasteiger partial charge in [0.1, 0.15) is 11.4 Å². The number of benzene rings is 1. The number of hydrogen-bond donors (Lipinski definition) is 0. The third kappa shape index (κ3) is 5.30. The van der Waals surface area contributed by atoms with Crippen LogP contribution in [0.1, 0.15) is 33.3 Å². The molecule has 1 aromatic carbocycles. The summed E-state index contributed by atoms with van der Waals surface area (Å²) in [6, 6.07) is 4.39. The van der Waals surface area contributed by atoms with Crippen LogP contribution in [0.5, 0.6) is 0 Å². The summed E-state index contributed by atoms with van der Waals surface area (Å²) in [7, 11) is -2.32. The summed E-state index contributed by atoms with van der Waals surface area (Å²) < 4.78 is 66.2. The molecule has 8 nitrogen and oxygen atoms in total. The first-order chi connectivity index (χ1) is 15.7. The molecule has 0 aliphatic heterocycles. The molecule has 2 aromatic heterocycles. The summed E-state index contributed by atoms with van der Waals surface area (Å²) in [4.78, 5) is 15.7. The van der Waals surface area contributed by atoms with Crippen molar-refractivity contribution < 1.29 is 21.6 Å². The monoisotopic (exact) mass is 513 g/mol. The van der Waals surface area contributed by atoms with Gasteiger partial charge in [0, 0.05) is 28.5 Å². The van der Waals surface area contributed by atoms with Crippen LogP contribution in [0.2, 0.25) is 0 Å². The van der Waals surface area contributed by atoms with E-state index in [2.05, 4.69) is 20.4 Å². The van der Waals surface area contributed by atoms with Crippen LogP contribution < -0.4 is 0 Å². The minimum Gasteiger partial charge on any atom is -0.309 e. The van der Waals surface area contributed by atoms with Crippen molar-refractivity contribution in [3.63, 3.8) is 0 Å². The molecule has 0 aliphatic rings. The first-order valence-electron chi connectivity index (χ1n) is 10.0. The number of rotatable bonds is 6. The Bertz CT molecular complexity index is 1350. The van der Waals surface area contributed by atoms with Gasteiger partial charge in [0.15, 0.2) is 21.5 Å². The van der Waals surface area contributed by atoms with Crippen molar-refractivity contribution in [3.8, 4) is 22.9 Å². The Kier molecular flexibility index (Phi) is 6.91. The summed E-state index contributed by atoms with van der Waals surface area (Å²) >= 11 is 1.32. The third-order valence-electron chi connectivity index (χ3n) is 4.72. The molecule has 13 heteroatoms. The molecule has 0 aliphatic carbocycles. The summed E-state index contributed by atoms with van der Waals surface area (Å²) in [5.74, 6) is -0.137. The van der Waals surface area contributed by atoms with Gasteiger partial charge in [-0.1, -0.05) is 27.7 Å². The van der Waals surface area contributed by atoms with E-state index in [1.807, 2.05) is 20.8 Å². The van der Waals surface area contributed by atoms with Gasteiger partial charge in [-0.2, -0.15) is 13.2 Å². The van der Waals surface area contributed by atoms with Crippen molar-refractivity contribution in [2.24, 2.45) is 12.2 Å². The van der Waals surface area contributed by atoms with Gasteiger partial charge >= 0.3 is 6.18 Å². The molecule has 0 bridgehead atoms. The van der Waals surface area contributed by atoms with Crippen molar-refractivity contribution in [1.82, 2.24) is 19.7 Å². The molecule has 34 heavy (non-hydrogen) atoms. The van der Waals surface area contributed by atoms with E-state index in [-0.39, 0.29) is 44.0 Å². The second kappa shape index (κ2) is 9.10. The normalized spacial score (nSPS) is 12.7. The van der Waals surface area contributed by atoms with Gasteiger partial charge in [-0.25, -0.2) is 8.42 Å². The van der Waals surface area contributed by atoms with Crippen LogP contribution >= 0.6 is 11.8 Å². The van der Waals surface area contributed by atoms with Crippen LogP contribution in [0, 0.1) is 4.91 Å². The maximum atomic E-state index is 13.2. The van der Waals surface area contributed by atoms with E-state index < -0.39 is 21.6 Å². The van der Waals surface area contributed by atoms with Crippen molar-refractivity contribution in [2.75, 3.05) is 5.75 Å². The Labute approximate surface area is 198 Å². The Morgan fingerprint density at radius 3 is 2.29 bits per heavy atom. The topological polar surface area (TPSA) is 107 Å². The second-order valence-electron chi connectivity index (χ2n) is 8.36. The molecule has 0 saturated carbocycles. The van der Waals surface area contributed by atoms with Crippen LogP contribution in [0.15, 0.2) is 45.4 Å². The first-order valence-corrected chi connectivity index (χ1v) is 12.5. The molecular formula is C21H22F3N5O3S2. The van der Waals surface area contributed by atoms with E-state index >= 15 is 0 Å². The largest absolute Gasteiger partial charge is 0.416 e. The fraction of sp³-hybridized carbons (Fsp3) is 0.381. The average Bonchev–Trinajstić information content (AvgIpc) is 3.13. The molecule has 0 spiro atoms. The lowest BCUT2D eigenvalue weighted by Gasteiger charge is -2.20. The lowest BCUT2D eigenvalue weighted by molar-refractivity contribution is -0.137. The summed E-state index contributed by atoms with van der Waals surface area (Å²) in [6.45, 7) is 7.21. The summed E-state index contributed by atoms with van der Waals surface area (Å²) in [5, 5.41) is 11.1. The molecule has 3 aromatic rings. The lowest BCUT2D eigenvalue weighted by Crippen LogP contribution is -2.10. The van der Waals surface area contributed by atoms with E-state index in [9.17, 15) is 26.5 Å². The molecule has 0 atom stereocenters. The standard InChI is InChI=1S/C21H22F3N5O3S2/c1-6-34(31,32)17-11-14(28-30)16(33-20(2,3)4)10-13(17)18-26-27-19(29(18)5)15-9-12(7-8-25-15)21(22,23)24/h7-11H,6H2,1-5H3. The van der Waals surface area contributed by atoms with E-state index in [1.54, 1.807) is 0 Å². The van der Waals surface area contributed by atoms with Gasteiger partial charge in [-0.05, 0) is 29.4 Å². The number of hydrogen-bond acceptors (Lipinski definition) is 8. The van der Waals surface area contributed by atoms with Gasteiger partial charge in [-0.15, -0.1) is 26.9 Å². The van der Waals surface area contributed by atoms with Gasteiger partial charge in [0.25, 0.3) is 0 Å². The van der Waals surface area contributed by atoms with Crippen molar-refractivity contribution in [2.45, 2.75) is 48.4 Å². The lowest BCUT2D eigenvalue weighted by atomic mass is 10.2. The Morgan fingerprint density at radius 2 is 1.74 bits per heavy atom.